The number of nitrogens with two attached hydrogens (primary N) is 1. The molecule has 0 aromatic carbocycles. The summed E-state index contributed by atoms with van der Waals surface area (Å²) in [6.45, 7) is 1.15. The molecule has 3 aromatic heterocycles. The van der Waals surface area contributed by atoms with Gasteiger partial charge in [-0.2, -0.15) is 5.10 Å². The van der Waals surface area contributed by atoms with Crippen molar-refractivity contribution >= 4 is 39.1 Å². The van der Waals surface area contributed by atoms with Gasteiger partial charge in [-0.05, 0) is 43.4 Å². The molecule has 0 aliphatic heterocycles. The number of primary amides is 1. The van der Waals surface area contributed by atoms with E-state index in [1.54, 1.807) is 0 Å². The second-order valence-electron chi connectivity index (χ2n) is 7.28. The summed E-state index contributed by atoms with van der Waals surface area (Å²) in [5.41, 5.74) is 5.63. The first-order chi connectivity index (χ1) is 14.7. The van der Waals surface area contributed by atoms with Crippen LogP contribution < -0.4 is 11.1 Å². The molecule has 1 saturated carbocycles. The number of hydrogen-bond donors (Lipinski definition) is 2. The maximum atomic E-state index is 13.3. The van der Waals surface area contributed by atoms with Crippen LogP contribution in [0.3, 0.4) is 0 Å². The molecule has 0 atom stereocenters. The lowest BCUT2D eigenvalue weighted by Gasteiger charge is -2.11. The number of hydrogen-bond acceptors (Lipinski definition) is 5. The molecule has 0 saturated heterocycles. The molecule has 3 aromatic rings. The van der Waals surface area contributed by atoms with Crippen LogP contribution in [0.15, 0.2) is 12.1 Å². The lowest BCUT2D eigenvalue weighted by Crippen LogP contribution is -2.22. The molecule has 12 heteroatoms. The van der Waals surface area contributed by atoms with Gasteiger partial charge in [0.15, 0.2) is 0 Å². The van der Waals surface area contributed by atoms with Gasteiger partial charge < -0.3 is 11.1 Å². The highest BCUT2D eigenvalue weighted by atomic mass is 32.1. The number of halogens is 4. The minimum absolute atomic E-state index is 0.0189. The lowest BCUT2D eigenvalue weighted by atomic mass is 10.0. The summed E-state index contributed by atoms with van der Waals surface area (Å²) >= 11 is 0.827. The molecule has 31 heavy (non-hydrogen) atoms. The second-order valence-corrected chi connectivity index (χ2v) is 8.28. The van der Waals surface area contributed by atoms with Gasteiger partial charge in [0.1, 0.15) is 27.6 Å². The minimum Gasteiger partial charge on any atom is -0.365 e. The molecule has 3 heterocycles. The Morgan fingerprint density at radius 3 is 2.45 bits per heavy atom. The van der Waals surface area contributed by atoms with E-state index in [1.807, 2.05) is 0 Å². The van der Waals surface area contributed by atoms with Crippen LogP contribution >= 0.6 is 11.3 Å². The van der Waals surface area contributed by atoms with Crippen LogP contribution in [-0.4, -0.2) is 26.6 Å². The van der Waals surface area contributed by atoms with E-state index in [2.05, 4.69) is 15.4 Å². The lowest BCUT2D eigenvalue weighted by molar-refractivity contribution is -0.116. The second kappa shape index (κ2) is 7.91. The van der Waals surface area contributed by atoms with Gasteiger partial charge in [-0.15, -0.1) is 11.3 Å². The Hall–Kier alpha value is -3.02. The zero-order chi connectivity index (χ0) is 22.4. The Labute approximate surface area is 177 Å². The molecule has 4 rings (SSSR count). The highest BCUT2D eigenvalue weighted by Gasteiger charge is 2.31. The van der Waals surface area contributed by atoms with Crippen molar-refractivity contribution in [3.8, 4) is 0 Å². The number of fused-ring (bicyclic) bond motifs is 1. The number of aromatic nitrogens is 3. The van der Waals surface area contributed by atoms with Crippen molar-refractivity contribution in [2.75, 3.05) is 5.32 Å². The highest BCUT2D eigenvalue weighted by Crippen LogP contribution is 2.48. The van der Waals surface area contributed by atoms with Crippen LogP contribution in [0.2, 0.25) is 0 Å². The van der Waals surface area contributed by atoms with Crippen LogP contribution in [0.5, 0.6) is 0 Å². The fourth-order valence-electron chi connectivity index (χ4n) is 3.38. The molecular weight excluding hydrogens is 438 g/mol. The number of alkyl halides is 4. The van der Waals surface area contributed by atoms with E-state index in [4.69, 9.17) is 5.73 Å². The number of carbonyl (C=O) groups excluding carboxylic acids is 2. The minimum atomic E-state index is -2.79. The fraction of sp³-hybridized carbons (Fsp3) is 0.368. The SMILES string of the molecule is Cc1cc(C(F)F)nn1CC(=O)Nc1c(C(N)=O)sc2nc(C(F)F)cc(C3CC3)c12. The molecule has 0 bridgehead atoms. The van der Waals surface area contributed by atoms with E-state index in [-0.39, 0.29) is 27.9 Å². The number of nitrogens with zero attached hydrogens (tertiary/aromatic N) is 3. The third-order valence-electron chi connectivity index (χ3n) is 4.96. The first-order valence-electron chi connectivity index (χ1n) is 9.33. The maximum absolute atomic E-state index is 13.3. The van der Waals surface area contributed by atoms with E-state index in [1.165, 1.54) is 19.1 Å². The van der Waals surface area contributed by atoms with Gasteiger partial charge in [0.25, 0.3) is 18.8 Å². The Morgan fingerprint density at radius 1 is 1.23 bits per heavy atom. The van der Waals surface area contributed by atoms with Gasteiger partial charge in [0.2, 0.25) is 5.91 Å². The van der Waals surface area contributed by atoms with Crippen molar-refractivity contribution in [2.45, 2.75) is 45.1 Å². The van der Waals surface area contributed by atoms with Crippen molar-refractivity contribution in [1.82, 2.24) is 14.8 Å². The molecule has 3 N–H and O–H groups in total. The van der Waals surface area contributed by atoms with Gasteiger partial charge in [-0.25, -0.2) is 22.5 Å². The van der Waals surface area contributed by atoms with Crippen molar-refractivity contribution < 1.29 is 27.2 Å². The quantitative estimate of drug-likeness (QED) is 0.519. The number of carbonyl (C=O) groups is 2. The molecule has 0 unspecified atom stereocenters. The molecular formula is C19H17F4N5O2S. The van der Waals surface area contributed by atoms with Gasteiger partial charge in [0.05, 0.1) is 5.69 Å². The van der Waals surface area contributed by atoms with E-state index in [9.17, 15) is 27.2 Å². The Bertz CT molecular complexity index is 1190. The number of thiophene rings is 1. The molecule has 1 fully saturated rings. The normalized spacial score (nSPS) is 14.0. The van der Waals surface area contributed by atoms with Crippen LogP contribution in [-0.2, 0) is 11.3 Å². The average molecular weight is 455 g/mol. The van der Waals surface area contributed by atoms with E-state index in [0.717, 1.165) is 28.9 Å². The van der Waals surface area contributed by atoms with Crippen LogP contribution in [0.1, 0.15) is 63.9 Å². The molecule has 2 amide bonds. The molecule has 0 radical (unpaired) electrons. The Balaban J connectivity index is 1.73. The fourth-order valence-corrected chi connectivity index (χ4v) is 4.41. The Morgan fingerprint density at radius 2 is 1.90 bits per heavy atom. The number of aryl methyl sites for hydroxylation is 1. The number of pyridine rings is 1. The number of rotatable bonds is 7. The summed E-state index contributed by atoms with van der Waals surface area (Å²) in [5.74, 6) is -1.45. The topological polar surface area (TPSA) is 103 Å². The summed E-state index contributed by atoms with van der Waals surface area (Å²) in [6, 6.07) is 2.47. The molecule has 1 aliphatic carbocycles. The maximum Gasteiger partial charge on any atom is 0.282 e. The zero-order valence-corrected chi connectivity index (χ0v) is 17.0. The summed E-state index contributed by atoms with van der Waals surface area (Å²) in [6.07, 6.45) is -3.98. The van der Waals surface area contributed by atoms with Crippen molar-refractivity contribution in [1.29, 1.82) is 0 Å². The average Bonchev–Trinajstić information content (AvgIpc) is 3.39. The van der Waals surface area contributed by atoms with Crippen molar-refractivity contribution in [3.05, 3.63) is 39.7 Å². The number of amides is 2. The first kappa shape index (κ1) is 21.2. The molecule has 1 aliphatic rings. The standard InChI is InChI=1S/C19H17F4N5O2S/c1-7-4-11(17(22)23)27-28(7)6-12(29)26-14-13-9(8-2-3-8)5-10(16(20)21)25-19(13)31-15(14)18(24)30/h4-5,8,16-17H,2-3,6H2,1H3,(H2,24,30)(H,26,29). The van der Waals surface area contributed by atoms with Crippen LogP contribution in [0.25, 0.3) is 10.2 Å². The summed E-state index contributed by atoms with van der Waals surface area (Å²) in [5, 5.41) is 6.71. The van der Waals surface area contributed by atoms with Crippen molar-refractivity contribution in [2.24, 2.45) is 5.73 Å². The third kappa shape index (κ3) is 4.11. The largest absolute Gasteiger partial charge is 0.365 e. The zero-order valence-electron chi connectivity index (χ0n) is 16.2. The summed E-state index contributed by atoms with van der Waals surface area (Å²) in [4.78, 5) is 28.7. The van der Waals surface area contributed by atoms with Gasteiger partial charge in [-0.1, -0.05) is 0 Å². The van der Waals surface area contributed by atoms with E-state index < -0.39 is 36.1 Å². The van der Waals surface area contributed by atoms with Crippen LogP contribution in [0.4, 0.5) is 23.2 Å². The third-order valence-corrected chi connectivity index (χ3v) is 6.06. The molecule has 7 nitrogen and oxygen atoms in total. The smallest absolute Gasteiger partial charge is 0.282 e. The van der Waals surface area contributed by atoms with Gasteiger partial charge in [0, 0.05) is 11.1 Å². The monoisotopic (exact) mass is 455 g/mol. The van der Waals surface area contributed by atoms with E-state index in [0.29, 0.717) is 16.6 Å². The predicted molar refractivity (Wildman–Crippen MR) is 106 cm³/mol. The van der Waals surface area contributed by atoms with Crippen molar-refractivity contribution in [3.63, 3.8) is 0 Å². The molecule has 164 valence electrons. The summed E-state index contributed by atoms with van der Waals surface area (Å²) in [7, 11) is 0. The number of anilines is 1. The first-order valence-corrected chi connectivity index (χ1v) is 10.1. The van der Waals surface area contributed by atoms with E-state index >= 15 is 0 Å². The summed E-state index contributed by atoms with van der Waals surface area (Å²) < 4.78 is 53.4. The van der Waals surface area contributed by atoms with Gasteiger partial charge >= 0.3 is 0 Å². The predicted octanol–water partition coefficient (Wildman–Crippen LogP) is 4.29. The molecule has 0 spiro atoms. The Kier molecular flexibility index (Phi) is 5.42. The van der Waals surface area contributed by atoms with Gasteiger partial charge in [-0.3, -0.25) is 14.3 Å². The number of nitrogens with one attached hydrogen (secondary N) is 1. The highest BCUT2D eigenvalue weighted by molar-refractivity contribution is 7.21. The van der Waals surface area contributed by atoms with Crippen LogP contribution in [0, 0.1) is 6.92 Å².